The van der Waals surface area contributed by atoms with Crippen molar-refractivity contribution in [2.24, 2.45) is 0 Å². The summed E-state index contributed by atoms with van der Waals surface area (Å²) in [6.07, 6.45) is 2.33. The molecular weight excluding hydrogens is 356 g/mol. The Kier molecular flexibility index (Phi) is 6.53. The van der Waals surface area contributed by atoms with E-state index >= 15 is 0 Å². The molecule has 1 aliphatic heterocycles. The summed E-state index contributed by atoms with van der Waals surface area (Å²) in [5.74, 6) is 1.23. The Labute approximate surface area is 165 Å². The fraction of sp³-hybridized carbons (Fsp3) is 0.364. The van der Waals surface area contributed by atoms with Crippen molar-refractivity contribution >= 4 is 23.2 Å². The van der Waals surface area contributed by atoms with Gasteiger partial charge in [-0.25, -0.2) is 0 Å². The quantitative estimate of drug-likeness (QED) is 0.751. The first-order chi connectivity index (χ1) is 13.6. The lowest BCUT2D eigenvalue weighted by Gasteiger charge is -2.29. The van der Waals surface area contributed by atoms with E-state index in [2.05, 4.69) is 5.32 Å². The van der Waals surface area contributed by atoms with Gasteiger partial charge in [0.15, 0.2) is 6.61 Å². The fourth-order valence-corrected chi connectivity index (χ4v) is 2.98. The van der Waals surface area contributed by atoms with Gasteiger partial charge in [0, 0.05) is 18.2 Å². The lowest BCUT2D eigenvalue weighted by Crippen LogP contribution is -2.41. The van der Waals surface area contributed by atoms with Crippen molar-refractivity contribution < 1.29 is 19.1 Å². The minimum absolute atomic E-state index is 0.0166. The zero-order valence-electron chi connectivity index (χ0n) is 16.4. The van der Waals surface area contributed by atoms with Crippen LogP contribution in [0.2, 0.25) is 0 Å². The van der Waals surface area contributed by atoms with Gasteiger partial charge in [-0.3, -0.25) is 9.59 Å². The average molecular weight is 382 g/mol. The Morgan fingerprint density at radius 3 is 2.75 bits per heavy atom. The molecule has 2 aromatic carbocycles. The van der Waals surface area contributed by atoms with Crippen molar-refractivity contribution in [1.29, 1.82) is 0 Å². The zero-order chi connectivity index (χ0) is 19.9. The molecule has 2 aromatic rings. The summed E-state index contributed by atoms with van der Waals surface area (Å²) in [4.78, 5) is 25.9. The Hall–Kier alpha value is -3.02. The smallest absolute Gasteiger partial charge is 0.265 e. The summed E-state index contributed by atoms with van der Waals surface area (Å²) < 4.78 is 11.3. The van der Waals surface area contributed by atoms with E-state index in [9.17, 15) is 9.59 Å². The van der Waals surface area contributed by atoms with Gasteiger partial charge in [-0.15, -0.1) is 0 Å². The molecule has 0 aromatic heterocycles. The minimum atomic E-state index is -0.111. The zero-order valence-corrected chi connectivity index (χ0v) is 16.4. The fourth-order valence-electron chi connectivity index (χ4n) is 2.98. The summed E-state index contributed by atoms with van der Waals surface area (Å²) in [5, 5.41) is 2.88. The SMILES string of the molecule is CCCCC(=O)Nc1ccc2c(c1)OCC(=O)N2CCOc1ccc(C)cc1. The van der Waals surface area contributed by atoms with Crippen molar-refractivity contribution in [3.63, 3.8) is 0 Å². The topological polar surface area (TPSA) is 67.9 Å². The number of benzene rings is 2. The summed E-state index contributed by atoms with van der Waals surface area (Å²) in [6.45, 7) is 4.85. The van der Waals surface area contributed by atoms with Crippen LogP contribution in [0.5, 0.6) is 11.5 Å². The van der Waals surface area contributed by atoms with Crippen LogP contribution in [0.25, 0.3) is 0 Å². The Morgan fingerprint density at radius 2 is 2.00 bits per heavy atom. The number of anilines is 2. The molecule has 0 spiro atoms. The number of nitrogens with zero attached hydrogens (tertiary/aromatic N) is 1. The first-order valence-electron chi connectivity index (χ1n) is 9.63. The molecule has 0 unspecified atom stereocenters. The predicted molar refractivity (Wildman–Crippen MR) is 109 cm³/mol. The third-order valence-corrected chi connectivity index (χ3v) is 4.55. The lowest BCUT2D eigenvalue weighted by atomic mass is 10.2. The molecule has 0 saturated heterocycles. The van der Waals surface area contributed by atoms with Crippen LogP contribution in [0.3, 0.4) is 0 Å². The molecule has 6 nitrogen and oxygen atoms in total. The van der Waals surface area contributed by atoms with Crippen LogP contribution in [0.1, 0.15) is 31.7 Å². The molecule has 6 heteroatoms. The maximum Gasteiger partial charge on any atom is 0.265 e. The molecule has 0 radical (unpaired) electrons. The Morgan fingerprint density at radius 1 is 1.21 bits per heavy atom. The largest absolute Gasteiger partial charge is 0.492 e. The van der Waals surface area contributed by atoms with Gasteiger partial charge in [-0.05, 0) is 37.6 Å². The van der Waals surface area contributed by atoms with Crippen LogP contribution < -0.4 is 19.7 Å². The summed E-state index contributed by atoms with van der Waals surface area (Å²) in [7, 11) is 0. The van der Waals surface area contributed by atoms with E-state index < -0.39 is 0 Å². The Bertz CT molecular complexity index is 833. The summed E-state index contributed by atoms with van der Waals surface area (Å²) in [5.41, 5.74) is 2.53. The first-order valence-corrected chi connectivity index (χ1v) is 9.63. The predicted octanol–water partition coefficient (Wildman–Crippen LogP) is 3.93. The Balaban J connectivity index is 1.63. The molecule has 0 saturated carbocycles. The number of fused-ring (bicyclic) bond motifs is 1. The van der Waals surface area contributed by atoms with Crippen LogP contribution in [0.4, 0.5) is 11.4 Å². The van der Waals surface area contributed by atoms with Crippen LogP contribution in [-0.2, 0) is 9.59 Å². The first kappa shape index (κ1) is 19.7. The van der Waals surface area contributed by atoms with E-state index in [-0.39, 0.29) is 18.4 Å². The number of amides is 2. The molecule has 2 amide bonds. The molecule has 0 atom stereocenters. The third-order valence-electron chi connectivity index (χ3n) is 4.55. The average Bonchev–Trinajstić information content (AvgIpc) is 2.69. The number of rotatable bonds is 8. The van der Waals surface area contributed by atoms with E-state index in [1.54, 1.807) is 23.1 Å². The molecular formula is C22H26N2O4. The van der Waals surface area contributed by atoms with E-state index in [0.717, 1.165) is 18.6 Å². The molecule has 3 rings (SSSR count). The van der Waals surface area contributed by atoms with Crippen LogP contribution in [0.15, 0.2) is 42.5 Å². The van der Waals surface area contributed by atoms with Gasteiger partial charge in [0.1, 0.15) is 18.1 Å². The number of carbonyl (C=O) groups is 2. The van der Waals surface area contributed by atoms with Crippen molar-refractivity contribution in [1.82, 2.24) is 0 Å². The van der Waals surface area contributed by atoms with Crippen LogP contribution in [-0.4, -0.2) is 31.6 Å². The van der Waals surface area contributed by atoms with Crippen molar-refractivity contribution in [2.45, 2.75) is 33.1 Å². The molecule has 0 aliphatic carbocycles. The second-order valence-electron chi connectivity index (χ2n) is 6.83. The molecule has 0 bridgehead atoms. The highest BCUT2D eigenvalue weighted by molar-refractivity contribution is 5.99. The van der Waals surface area contributed by atoms with E-state index in [1.807, 2.05) is 38.1 Å². The van der Waals surface area contributed by atoms with E-state index in [1.165, 1.54) is 5.56 Å². The number of unbranched alkanes of at least 4 members (excludes halogenated alkanes) is 1. The second kappa shape index (κ2) is 9.26. The van der Waals surface area contributed by atoms with Gasteiger partial charge >= 0.3 is 0 Å². The number of hydrogen-bond donors (Lipinski definition) is 1. The molecule has 148 valence electrons. The second-order valence-corrected chi connectivity index (χ2v) is 6.83. The summed E-state index contributed by atoms with van der Waals surface area (Å²) in [6, 6.07) is 13.2. The van der Waals surface area contributed by atoms with E-state index in [0.29, 0.717) is 36.7 Å². The molecule has 1 heterocycles. The van der Waals surface area contributed by atoms with Gasteiger partial charge in [0.2, 0.25) is 5.91 Å². The van der Waals surface area contributed by atoms with E-state index in [4.69, 9.17) is 9.47 Å². The standard InChI is InChI=1S/C22H26N2O4/c1-3-4-5-21(25)23-17-8-11-19-20(14-17)28-15-22(26)24(19)12-13-27-18-9-6-16(2)7-10-18/h6-11,14H,3-5,12-13,15H2,1-2H3,(H,23,25). The minimum Gasteiger partial charge on any atom is -0.492 e. The number of nitrogens with one attached hydrogen (secondary N) is 1. The van der Waals surface area contributed by atoms with Gasteiger partial charge in [0.05, 0.1) is 12.2 Å². The van der Waals surface area contributed by atoms with Crippen LogP contribution >= 0.6 is 0 Å². The molecule has 0 fully saturated rings. The highest BCUT2D eigenvalue weighted by Crippen LogP contribution is 2.34. The van der Waals surface area contributed by atoms with Crippen molar-refractivity contribution in [3.8, 4) is 11.5 Å². The number of carbonyl (C=O) groups excluding carboxylic acids is 2. The highest BCUT2D eigenvalue weighted by Gasteiger charge is 2.25. The third kappa shape index (κ3) is 5.03. The van der Waals surface area contributed by atoms with Gasteiger partial charge < -0.3 is 19.7 Å². The summed E-state index contributed by atoms with van der Waals surface area (Å²) >= 11 is 0. The normalized spacial score (nSPS) is 12.9. The number of hydrogen-bond acceptors (Lipinski definition) is 4. The molecule has 28 heavy (non-hydrogen) atoms. The highest BCUT2D eigenvalue weighted by atomic mass is 16.5. The number of ether oxygens (including phenoxy) is 2. The molecule has 1 aliphatic rings. The van der Waals surface area contributed by atoms with Crippen LogP contribution in [0, 0.1) is 6.92 Å². The lowest BCUT2D eigenvalue weighted by molar-refractivity contribution is -0.121. The maximum absolute atomic E-state index is 12.3. The van der Waals surface area contributed by atoms with Gasteiger partial charge in [0.25, 0.3) is 5.91 Å². The van der Waals surface area contributed by atoms with Gasteiger partial charge in [-0.1, -0.05) is 31.0 Å². The van der Waals surface area contributed by atoms with Crippen molar-refractivity contribution in [2.75, 3.05) is 30.0 Å². The monoisotopic (exact) mass is 382 g/mol. The number of aryl methyl sites for hydroxylation is 1. The van der Waals surface area contributed by atoms with Gasteiger partial charge in [-0.2, -0.15) is 0 Å². The van der Waals surface area contributed by atoms with Crippen molar-refractivity contribution in [3.05, 3.63) is 48.0 Å². The molecule has 1 N–H and O–H groups in total. The maximum atomic E-state index is 12.3.